The molecule has 3 nitrogen and oxygen atoms in total. The van der Waals surface area contributed by atoms with Crippen LogP contribution in [0.4, 0.5) is 0 Å². The van der Waals surface area contributed by atoms with Gasteiger partial charge >= 0.3 is 0 Å². The van der Waals surface area contributed by atoms with Crippen molar-refractivity contribution < 1.29 is 9.52 Å². The van der Waals surface area contributed by atoms with Gasteiger partial charge in [0.15, 0.2) is 0 Å². The molecule has 0 radical (unpaired) electrons. The van der Waals surface area contributed by atoms with Gasteiger partial charge < -0.3 is 9.52 Å². The second-order valence-electron chi connectivity index (χ2n) is 4.96. The van der Waals surface area contributed by atoms with Crippen LogP contribution < -0.4 is 5.36 Å². The van der Waals surface area contributed by atoms with E-state index in [1.54, 1.807) is 6.07 Å². The maximum atomic E-state index is 8.93. The molecule has 1 N–H and O–H groups in total. The van der Waals surface area contributed by atoms with Gasteiger partial charge in [-0.15, -0.1) is 0 Å². The number of aliphatic hydroxyl groups is 1. The fourth-order valence-corrected chi connectivity index (χ4v) is 2.46. The third-order valence-corrected chi connectivity index (χ3v) is 3.60. The van der Waals surface area contributed by atoms with Crippen LogP contribution in [-0.2, 0) is 0 Å². The lowest BCUT2D eigenvalue weighted by Gasteiger charge is -2.05. The van der Waals surface area contributed by atoms with Gasteiger partial charge in [-0.25, -0.2) is 0 Å². The summed E-state index contributed by atoms with van der Waals surface area (Å²) in [5, 5.41) is 11.3. The highest BCUT2D eigenvalue weighted by Crippen LogP contribution is 2.23. The Bertz CT molecular complexity index is 841. The minimum Gasteiger partial charge on any atom is -0.456 e. The second kappa shape index (κ2) is 6.77. The number of aliphatic hydroxyl groups excluding tert-OH is 1. The lowest BCUT2D eigenvalue weighted by molar-refractivity contribution is 0.291. The predicted molar refractivity (Wildman–Crippen MR) is 88.8 cm³/mol. The maximum Gasteiger partial charge on any atom is 0.136 e. The molecule has 0 bridgehead atoms. The summed E-state index contributed by atoms with van der Waals surface area (Å²) in [5.41, 5.74) is 1.74. The zero-order valence-corrected chi connectivity index (χ0v) is 12.8. The number of halogens is 1. The zero-order valence-electron chi connectivity index (χ0n) is 12.0. The van der Waals surface area contributed by atoms with Crippen LogP contribution in [0.5, 0.6) is 0 Å². The highest BCUT2D eigenvalue weighted by molar-refractivity contribution is 6.31. The van der Waals surface area contributed by atoms with E-state index in [0.29, 0.717) is 18.0 Å². The molecule has 0 fully saturated rings. The lowest BCUT2D eigenvalue weighted by atomic mass is 10.1. The molecule has 0 saturated heterocycles. The molecule has 0 spiro atoms. The molecule has 0 aliphatic carbocycles. The number of fused-ring (bicyclic) bond motifs is 1. The van der Waals surface area contributed by atoms with E-state index in [2.05, 4.69) is 4.99 Å². The first kappa shape index (κ1) is 14.8. The molecule has 3 aromatic rings. The van der Waals surface area contributed by atoms with E-state index in [-0.39, 0.29) is 6.61 Å². The van der Waals surface area contributed by atoms with Crippen molar-refractivity contribution in [3.63, 3.8) is 0 Å². The van der Waals surface area contributed by atoms with E-state index in [0.717, 1.165) is 27.7 Å². The van der Waals surface area contributed by atoms with Crippen molar-refractivity contribution in [2.45, 2.75) is 6.42 Å². The Labute approximate surface area is 133 Å². The van der Waals surface area contributed by atoms with E-state index in [4.69, 9.17) is 21.1 Å². The molecule has 3 rings (SSSR count). The number of hydrogen-bond acceptors (Lipinski definition) is 3. The molecule has 0 amide bonds. The first-order valence-corrected chi connectivity index (χ1v) is 7.56. The SMILES string of the molecule is OCCCN=c1cc(-c2ccccc2)oc2ccc(Cl)cc12. The van der Waals surface area contributed by atoms with Crippen LogP contribution >= 0.6 is 11.6 Å². The second-order valence-corrected chi connectivity index (χ2v) is 5.40. The summed E-state index contributed by atoms with van der Waals surface area (Å²) in [7, 11) is 0. The third kappa shape index (κ3) is 3.21. The Morgan fingerprint density at radius 2 is 1.86 bits per heavy atom. The van der Waals surface area contributed by atoms with Crippen molar-refractivity contribution in [3.8, 4) is 11.3 Å². The van der Waals surface area contributed by atoms with Gasteiger partial charge in [-0.1, -0.05) is 41.9 Å². The van der Waals surface area contributed by atoms with Gasteiger partial charge in [0, 0.05) is 35.2 Å². The Balaban J connectivity index is 2.20. The summed E-state index contributed by atoms with van der Waals surface area (Å²) in [6.07, 6.45) is 0.634. The minimum atomic E-state index is 0.130. The van der Waals surface area contributed by atoms with Crippen LogP contribution in [0.15, 0.2) is 64.0 Å². The predicted octanol–water partition coefficient (Wildman–Crippen LogP) is 4.04. The Hall–Kier alpha value is -2.10. The van der Waals surface area contributed by atoms with Gasteiger partial charge in [0.1, 0.15) is 11.3 Å². The fraction of sp³-hybridized carbons (Fsp3) is 0.167. The van der Waals surface area contributed by atoms with Crippen molar-refractivity contribution in [1.82, 2.24) is 0 Å². The molecule has 1 heterocycles. The minimum absolute atomic E-state index is 0.130. The fourth-order valence-electron chi connectivity index (χ4n) is 2.29. The van der Waals surface area contributed by atoms with Crippen molar-refractivity contribution in [2.75, 3.05) is 13.2 Å². The van der Waals surface area contributed by atoms with Crippen molar-refractivity contribution in [1.29, 1.82) is 0 Å². The summed E-state index contributed by atoms with van der Waals surface area (Å²) in [5.74, 6) is 0.762. The van der Waals surface area contributed by atoms with Gasteiger partial charge in [0.25, 0.3) is 0 Å². The third-order valence-electron chi connectivity index (χ3n) is 3.36. The molecule has 22 heavy (non-hydrogen) atoms. The lowest BCUT2D eigenvalue weighted by Crippen LogP contribution is -2.05. The summed E-state index contributed by atoms with van der Waals surface area (Å²) >= 11 is 6.09. The molecule has 4 heteroatoms. The first-order chi connectivity index (χ1) is 10.8. The Morgan fingerprint density at radius 3 is 2.64 bits per heavy atom. The van der Waals surface area contributed by atoms with Gasteiger partial charge in [-0.05, 0) is 24.6 Å². The van der Waals surface area contributed by atoms with Crippen LogP contribution in [0.3, 0.4) is 0 Å². The molecular weight excluding hydrogens is 298 g/mol. The van der Waals surface area contributed by atoms with E-state index < -0.39 is 0 Å². The molecule has 2 aromatic carbocycles. The van der Waals surface area contributed by atoms with E-state index in [1.165, 1.54) is 0 Å². The molecule has 112 valence electrons. The Morgan fingerprint density at radius 1 is 1.05 bits per heavy atom. The number of rotatable bonds is 4. The summed E-state index contributed by atoms with van der Waals surface area (Å²) in [6, 6.07) is 17.3. The van der Waals surface area contributed by atoms with Crippen LogP contribution in [0.25, 0.3) is 22.3 Å². The molecule has 1 aromatic heterocycles. The highest BCUT2D eigenvalue weighted by atomic mass is 35.5. The van der Waals surface area contributed by atoms with Crippen molar-refractivity contribution in [3.05, 3.63) is 65.0 Å². The standard InChI is InChI=1S/C18H16ClNO2/c19-14-7-8-17-15(11-14)16(20-9-4-10-21)12-18(22-17)13-5-2-1-3-6-13/h1-3,5-8,11-12,21H,4,9-10H2. The van der Waals surface area contributed by atoms with Gasteiger partial charge in [0.05, 0.1) is 5.36 Å². The summed E-state index contributed by atoms with van der Waals surface area (Å²) in [6.45, 7) is 0.696. The van der Waals surface area contributed by atoms with Crippen LogP contribution in [0, 0.1) is 0 Å². The number of hydrogen-bond donors (Lipinski definition) is 1. The number of benzene rings is 2. The molecule has 0 saturated carbocycles. The maximum absolute atomic E-state index is 8.93. The van der Waals surface area contributed by atoms with Gasteiger partial charge in [-0.3, -0.25) is 4.99 Å². The molecular formula is C18H16ClNO2. The van der Waals surface area contributed by atoms with Crippen LogP contribution in [0.2, 0.25) is 5.02 Å². The van der Waals surface area contributed by atoms with Gasteiger partial charge in [0.2, 0.25) is 0 Å². The quantitative estimate of drug-likeness (QED) is 0.739. The monoisotopic (exact) mass is 313 g/mol. The molecule has 0 unspecified atom stereocenters. The zero-order chi connectivity index (χ0) is 15.4. The molecule has 0 aliphatic heterocycles. The average molecular weight is 314 g/mol. The molecule has 0 atom stereocenters. The normalized spacial score (nSPS) is 12.0. The average Bonchev–Trinajstić information content (AvgIpc) is 2.56. The molecule has 0 aliphatic rings. The van der Waals surface area contributed by atoms with Crippen LogP contribution in [-0.4, -0.2) is 18.3 Å². The van der Waals surface area contributed by atoms with E-state index in [9.17, 15) is 0 Å². The summed E-state index contributed by atoms with van der Waals surface area (Å²) < 4.78 is 5.98. The smallest absolute Gasteiger partial charge is 0.136 e. The van der Waals surface area contributed by atoms with Crippen LogP contribution in [0.1, 0.15) is 6.42 Å². The van der Waals surface area contributed by atoms with Crippen molar-refractivity contribution in [2.24, 2.45) is 4.99 Å². The first-order valence-electron chi connectivity index (χ1n) is 7.18. The largest absolute Gasteiger partial charge is 0.456 e. The summed E-state index contributed by atoms with van der Waals surface area (Å²) in [4.78, 5) is 4.57. The van der Waals surface area contributed by atoms with E-state index in [1.807, 2.05) is 48.5 Å². The highest BCUT2D eigenvalue weighted by Gasteiger charge is 2.06. The van der Waals surface area contributed by atoms with Crippen molar-refractivity contribution >= 4 is 22.6 Å². The van der Waals surface area contributed by atoms with E-state index >= 15 is 0 Å². The number of nitrogens with zero attached hydrogens (tertiary/aromatic N) is 1. The van der Waals surface area contributed by atoms with Gasteiger partial charge in [-0.2, -0.15) is 0 Å². The topological polar surface area (TPSA) is 45.7 Å². The Kier molecular flexibility index (Phi) is 4.56.